The van der Waals surface area contributed by atoms with Crippen LogP contribution < -0.4 is 10.1 Å². The molecule has 0 aliphatic heterocycles. The third-order valence-electron chi connectivity index (χ3n) is 2.30. The van der Waals surface area contributed by atoms with Crippen LogP contribution in [0.25, 0.3) is 5.82 Å². The van der Waals surface area contributed by atoms with Crippen molar-refractivity contribution in [2.24, 2.45) is 0 Å². The molecule has 18 heavy (non-hydrogen) atoms. The molecule has 0 bridgehead atoms. The smallest absolute Gasteiger partial charge is 0.206 e. The van der Waals surface area contributed by atoms with Gasteiger partial charge in [-0.25, -0.2) is 14.6 Å². The summed E-state index contributed by atoms with van der Waals surface area (Å²) in [5, 5.41) is 7.82. The third-order valence-corrected chi connectivity index (χ3v) is 2.49. The highest BCUT2D eigenvalue weighted by atomic mass is 35.5. The Hall–Kier alpha value is -1.82. The van der Waals surface area contributed by atoms with Crippen LogP contribution in [0.15, 0.2) is 18.7 Å². The monoisotopic (exact) mass is 267 g/mol. The van der Waals surface area contributed by atoms with Gasteiger partial charge in [-0.15, -0.1) is 0 Å². The lowest BCUT2D eigenvalue weighted by atomic mass is 10.4. The summed E-state index contributed by atoms with van der Waals surface area (Å²) in [5.41, 5.74) is 0. The van der Waals surface area contributed by atoms with Crippen molar-refractivity contribution in [1.82, 2.24) is 19.7 Å². The van der Waals surface area contributed by atoms with E-state index in [4.69, 9.17) is 16.3 Å². The lowest BCUT2D eigenvalue weighted by Crippen LogP contribution is -2.08. The van der Waals surface area contributed by atoms with Crippen molar-refractivity contribution in [2.45, 2.75) is 13.3 Å². The molecule has 2 aromatic heterocycles. The second-order valence-corrected chi connectivity index (χ2v) is 4.05. The molecule has 7 heteroatoms. The molecule has 0 saturated heterocycles. The van der Waals surface area contributed by atoms with E-state index in [2.05, 4.69) is 27.3 Å². The van der Waals surface area contributed by atoms with Crippen molar-refractivity contribution in [3.63, 3.8) is 0 Å². The van der Waals surface area contributed by atoms with Gasteiger partial charge in [-0.05, 0) is 6.42 Å². The minimum atomic E-state index is 0.540. The van der Waals surface area contributed by atoms with E-state index in [9.17, 15) is 0 Å². The van der Waals surface area contributed by atoms with Crippen LogP contribution in [0.4, 0.5) is 5.82 Å². The van der Waals surface area contributed by atoms with Gasteiger partial charge in [-0.1, -0.05) is 18.5 Å². The number of halogens is 1. The Bertz CT molecular complexity index is 528. The first-order valence-electron chi connectivity index (χ1n) is 5.59. The lowest BCUT2D eigenvalue weighted by molar-refractivity contribution is 0.409. The number of hydrogen-bond acceptors (Lipinski definition) is 5. The molecule has 2 rings (SSSR count). The molecule has 1 N–H and O–H groups in total. The Morgan fingerprint density at radius 3 is 2.89 bits per heavy atom. The standard InChI is InChI=1S/C11H14ClN5O/c1-3-4-13-10-9(18-2)11(15-7-14-10)17-6-8(12)5-16-17/h5-7H,3-4H2,1-2H3,(H,13,14,15). The summed E-state index contributed by atoms with van der Waals surface area (Å²) >= 11 is 5.85. The van der Waals surface area contributed by atoms with Crippen LogP contribution in [0.1, 0.15) is 13.3 Å². The number of anilines is 1. The maximum Gasteiger partial charge on any atom is 0.206 e. The molecule has 0 unspecified atom stereocenters. The number of nitrogens with zero attached hydrogens (tertiary/aromatic N) is 4. The van der Waals surface area contributed by atoms with E-state index >= 15 is 0 Å². The van der Waals surface area contributed by atoms with Gasteiger partial charge in [0.15, 0.2) is 5.82 Å². The normalized spacial score (nSPS) is 10.4. The van der Waals surface area contributed by atoms with Crippen LogP contribution in [0, 0.1) is 0 Å². The van der Waals surface area contributed by atoms with E-state index in [1.165, 1.54) is 6.33 Å². The van der Waals surface area contributed by atoms with Crippen molar-refractivity contribution in [3.05, 3.63) is 23.7 Å². The molecule has 0 fully saturated rings. The molecule has 2 aromatic rings. The van der Waals surface area contributed by atoms with Crippen LogP contribution in [0.3, 0.4) is 0 Å². The molecule has 0 aliphatic carbocycles. The second kappa shape index (κ2) is 5.68. The number of nitrogens with one attached hydrogen (secondary N) is 1. The Balaban J connectivity index is 2.41. The molecule has 96 valence electrons. The third kappa shape index (κ3) is 2.53. The molecule has 6 nitrogen and oxygen atoms in total. The predicted molar refractivity (Wildman–Crippen MR) is 69.5 cm³/mol. The van der Waals surface area contributed by atoms with Crippen LogP contribution in [-0.4, -0.2) is 33.4 Å². The van der Waals surface area contributed by atoms with E-state index in [0.29, 0.717) is 22.4 Å². The van der Waals surface area contributed by atoms with Gasteiger partial charge in [-0.3, -0.25) is 0 Å². The van der Waals surface area contributed by atoms with Crippen molar-refractivity contribution in [2.75, 3.05) is 19.0 Å². The van der Waals surface area contributed by atoms with Crippen LogP contribution in [-0.2, 0) is 0 Å². The minimum absolute atomic E-state index is 0.540. The summed E-state index contributed by atoms with van der Waals surface area (Å²) in [4.78, 5) is 8.33. The highest BCUT2D eigenvalue weighted by Gasteiger charge is 2.14. The molecule has 0 spiro atoms. The van der Waals surface area contributed by atoms with Gasteiger partial charge in [0.25, 0.3) is 0 Å². The molecule has 0 radical (unpaired) electrons. The maximum absolute atomic E-state index is 5.85. The van der Waals surface area contributed by atoms with Crippen molar-refractivity contribution in [3.8, 4) is 11.6 Å². The van der Waals surface area contributed by atoms with Crippen LogP contribution in [0.5, 0.6) is 5.75 Å². The van der Waals surface area contributed by atoms with Crippen molar-refractivity contribution in [1.29, 1.82) is 0 Å². The second-order valence-electron chi connectivity index (χ2n) is 3.61. The zero-order chi connectivity index (χ0) is 13.0. The minimum Gasteiger partial charge on any atom is -0.490 e. The summed E-state index contributed by atoms with van der Waals surface area (Å²) in [6.07, 6.45) is 5.67. The fraction of sp³-hybridized carbons (Fsp3) is 0.364. The molecular weight excluding hydrogens is 254 g/mol. The Morgan fingerprint density at radius 2 is 2.28 bits per heavy atom. The average Bonchev–Trinajstić information content (AvgIpc) is 2.82. The van der Waals surface area contributed by atoms with E-state index in [0.717, 1.165) is 13.0 Å². The fourth-order valence-electron chi connectivity index (χ4n) is 1.50. The summed E-state index contributed by atoms with van der Waals surface area (Å²) in [6, 6.07) is 0. The van der Waals surface area contributed by atoms with Crippen molar-refractivity contribution >= 4 is 17.4 Å². The summed E-state index contributed by atoms with van der Waals surface area (Å²) in [6.45, 7) is 2.89. The molecule has 0 atom stereocenters. The quantitative estimate of drug-likeness (QED) is 0.899. The molecule has 2 heterocycles. The molecule has 0 saturated carbocycles. The Kier molecular flexibility index (Phi) is 3.99. The molecule has 0 amide bonds. The molecular formula is C11H14ClN5O. The molecule has 0 aromatic carbocycles. The lowest BCUT2D eigenvalue weighted by Gasteiger charge is -2.12. The highest BCUT2D eigenvalue weighted by Crippen LogP contribution is 2.27. The zero-order valence-electron chi connectivity index (χ0n) is 10.2. The zero-order valence-corrected chi connectivity index (χ0v) is 11.0. The van der Waals surface area contributed by atoms with Gasteiger partial charge in [0, 0.05) is 6.54 Å². The summed E-state index contributed by atoms with van der Waals surface area (Å²) in [7, 11) is 1.57. The fourth-order valence-corrected chi connectivity index (χ4v) is 1.64. The number of ether oxygens (including phenoxy) is 1. The Labute approximate surface area is 110 Å². The number of rotatable bonds is 5. The first kappa shape index (κ1) is 12.6. The SMILES string of the molecule is CCCNc1ncnc(-n2cc(Cl)cn2)c1OC. The largest absolute Gasteiger partial charge is 0.490 e. The van der Waals surface area contributed by atoms with E-state index < -0.39 is 0 Å². The first-order valence-corrected chi connectivity index (χ1v) is 5.97. The van der Waals surface area contributed by atoms with Crippen LogP contribution in [0.2, 0.25) is 5.02 Å². The van der Waals surface area contributed by atoms with E-state index in [1.54, 1.807) is 24.2 Å². The number of hydrogen-bond donors (Lipinski definition) is 1. The predicted octanol–water partition coefficient (Wildman–Crippen LogP) is 2.15. The maximum atomic E-state index is 5.85. The number of methoxy groups -OCH3 is 1. The van der Waals surface area contributed by atoms with Gasteiger partial charge in [0.1, 0.15) is 6.33 Å². The topological polar surface area (TPSA) is 64.9 Å². The van der Waals surface area contributed by atoms with Gasteiger partial charge < -0.3 is 10.1 Å². The Morgan fingerprint density at radius 1 is 1.44 bits per heavy atom. The van der Waals surface area contributed by atoms with Gasteiger partial charge in [0.05, 0.1) is 24.5 Å². The van der Waals surface area contributed by atoms with Crippen molar-refractivity contribution < 1.29 is 4.74 Å². The average molecular weight is 268 g/mol. The number of aromatic nitrogens is 4. The van der Waals surface area contributed by atoms with E-state index in [-0.39, 0.29) is 0 Å². The van der Waals surface area contributed by atoms with Gasteiger partial charge in [-0.2, -0.15) is 5.10 Å². The van der Waals surface area contributed by atoms with Gasteiger partial charge >= 0.3 is 0 Å². The van der Waals surface area contributed by atoms with E-state index in [1.807, 2.05) is 0 Å². The highest BCUT2D eigenvalue weighted by molar-refractivity contribution is 6.30. The van der Waals surface area contributed by atoms with Crippen LogP contribution >= 0.6 is 11.6 Å². The summed E-state index contributed by atoms with van der Waals surface area (Å²) in [5.74, 6) is 1.75. The van der Waals surface area contributed by atoms with Gasteiger partial charge in [0.2, 0.25) is 11.6 Å². The molecule has 0 aliphatic rings. The summed E-state index contributed by atoms with van der Waals surface area (Å²) < 4.78 is 6.90. The first-order chi connectivity index (χ1) is 8.76.